The number of carbonyl (C=O) groups is 2. The summed E-state index contributed by atoms with van der Waals surface area (Å²) < 4.78 is 0. The fourth-order valence-corrected chi connectivity index (χ4v) is 3.17. The maximum Gasteiger partial charge on any atom is 0.323 e. The summed E-state index contributed by atoms with van der Waals surface area (Å²) >= 11 is 0. The smallest absolute Gasteiger partial charge is 0.323 e. The van der Waals surface area contributed by atoms with Gasteiger partial charge in [-0.25, -0.2) is 14.6 Å². The Bertz CT molecular complexity index is 529. The highest BCUT2D eigenvalue weighted by Crippen LogP contribution is 2.20. The maximum atomic E-state index is 12.4. The van der Waals surface area contributed by atoms with Crippen LogP contribution in [0.15, 0.2) is 18.3 Å². The first-order chi connectivity index (χ1) is 11.7. The minimum atomic E-state index is -0.151. The summed E-state index contributed by atoms with van der Waals surface area (Å²) in [7, 11) is 0. The van der Waals surface area contributed by atoms with E-state index in [1.54, 1.807) is 23.2 Å². The van der Waals surface area contributed by atoms with Gasteiger partial charge in [0.1, 0.15) is 0 Å². The SMILES string of the molecule is O=C(Nc1cccnc1NC(=O)N1CCCCC1)N1CCCCC1. The van der Waals surface area contributed by atoms with E-state index >= 15 is 0 Å². The van der Waals surface area contributed by atoms with Crippen molar-refractivity contribution in [3.63, 3.8) is 0 Å². The molecule has 7 heteroatoms. The van der Waals surface area contributed by atoms with Crippen molar-refractivity contribution in [2.75, 3.05) is 36.8 Å². The highest BCUT2D eigenvalue weighted by Gasteiger charge is 2.20. The molecule has 130 valence electrons. The Labute approximate surface area is 142 Å². The number of anilines is 2. The van der Waals surface area contributed by atoms with E-state index in [2.05, 4.69) is 15.6 Å². The van der Waals surface area contributed by atoms with Crippen LogP contribution in [0.5, 0.6) is 0 Å². The third-order valence-corrected chi connectivity index (χ3v) is 4.56. The Morgan fingerprint density at radius 3 is 1.96 bits per heavy atom. The van der Waals surface area contributed by atoms with Gasteiger partial charge in [0.25, 0.3) is 0 Å². The molecule has 3 heterocycles. The number of likely N-dealkylation sites (tertiary alicyclic amines) is 2. The molecule has 4 amide bonds. The van der Waals surface area contributed by atoms with Gasteiger partial charge in [0.05, 0.1) is 5.69 Å². The number of pyridine rings is 1. The zero-order chi connectivity index (χ0) is 16.8. The Morgan fingerprint density at radius 2 is 1.38 bits per heavy atom. The van der Waals surface area contributed by atoms with Gasteiger partial charge < -0.3 is 15.1 Å². The molecular weight excluding hydrogens is 306 g/mol. The van der Waals surface area contributed by atoms with E-state index in [4.69, 9.17) is 0 Å². The molecule has 2 aliphatic rings. The van der Waals surface area contributed by atoms with Crippen molar-refractivity contribution in [2.24, 2.45) is 0 Å². The van der Waals surface area contributed by atoms with Crippen LogP contribution in [0.1, 0.15) is 38.5 Å². The number of hydrogen-bond donors (Lipinski definition) is 2. The van der Waals surface area contributed by atoms with E-state index in [1.807, 2.05) is 4.90 Å². The molecule has 0 radical (unpaired) electrons. The summed E-state index contributed by atoms with van der Waals surface area (Å²) in [5.74, 6) is 0.401. The molecule has 1 aromatic rings. The lowest BCUT2D eigenvalue weighted by molar-refractivity contribution is 0.199. The number of amides is 4. The largest absolute Gasteiger partial charge is 0.325 e. The average molecular weight is 331 g/mol. The first-order valence-electron chi connectivity index (χ1n) is 8.81. The fourth-order valence-electron chi connectivity index (χ4n) is 3.17. The van der Waals surface area contributed by atoms with Gasteiger partial charge in [0.15, 0.2) is 5.82 Å². The summed E-state index contributed by atoms with van der Waals surface area (Å²) in [6.07, 6.45) is 8.11. The number of rotatable bonds is 2. The number of urea groups is 2. The van der Waals surface area contributed by atoms with Crippen molar-refractivity contribution in [3.8, 4) is 0 Å². The zero-order valence-electron chi connectivity index (χ0n) is 14.0. The molecule has 0 atom stereocenters. The summed E-state index contributed by atoms with van der Waals surface area (Å²) in [5.41, 5.74) is 0.540. The van der Waals surface area contributed by atoms with Gasteiger partial charge in [-0.2, -0.15) is 0 Å². The highest BCUT2D eigenvalue weighted by atomic mass is 16.2. The van der Waals surface area contributed by atoms with E-state index in [0.29, 0.717) is 11.5 Å². The Morgan fingerprint density at radius 1 is 0.833 bits per heavy atom. The van der Waals surface area contributed by atoms with Gasteiger partial charge in [-0.15, -0.1) is 0 Å². The number of aromatic nitrogens is 1. The molecule has 0 bridgehead atoms. The van der Waals surface area contributed by atoms with Gasteiger partial charge in [-0.1, -0.05) is 0 Å². The van der Waals surface area contributed by atoms with E-state index in [-0.39, 0.29) is 12.1 Å². The first kappa shape index (κ1) is 16.5. The number of nitrogens with zero attached hydrogens (tertiary/aromatic N) is 3. The molecule has 0 unspecified atom stereocenters. The van der Waals surface area contributed by atoms with Crippen LogP contribution in [0.25, 0.3) is 0 Å². The van der Waals surface area contributed by atoms with Gasteiger partial charge in [-0.3, -0.25) is 5.32 Å². The van der Waals surface area contributed by atoms with Crippen molar-refractivity contribution in [2.45, 2.75) is 38.5 Å². The molecule has 24 heavy (non-hydrogen) atoms. The number of hydrogen-bond acceptors (Lipinski definition) is 3. The standard InChI is InChI=1S/C17H25N5O2/c23-16(21-10-3-1-4-11-21)19-14-8-7-9-18-15(14)20-17(24)22-12-5-2-6-13-22/h7-9H,1-6,10-13H2,(H,19,23)(H,18,20,24). The van der Waals surface area contributed by atoms with E-state index in [0.717, 1.165) is 51.9 Å². The molecule has 1 aromatic heterocycles. The van der Waals surface area contributed by atoms with Crippen LogP contribution in [0.3, 0.4) is 0 Å². The van der Waals surface area contributed by atoms with Crippen molar-refractivity contribution in [1.29, 1.82) is 0 Å². The summed E-state index contributed by atoms with van der Waals surface area (Å²) in [5, 5.41) is 5.71. The fraction of sp³-hybridized carbons (Fsp3) is 0.588. The third-order valence-electron chi connectivity index (χ3n) is 4.56. The predicted molar refractivity (Wildman–Crippen MR) is 93.1 cm³/mol. The van der Waals surface area contributed by atoms with E-state index in [9.17, 15) is 9.59 Å². The number of piperidine rings is 2. The summed E-state index contributed by atoms with van der Waals surface area (Å²) in [6, 6.07) is 3.24. The van der Waals surface area contributed by atoms with Gasteiger partial charge in [-0.05, 0) is 50.7 Å². The second-order valence-electron chi connectivity index (χ2n) is 6.36. The molecule has 3 rings (SSSR count). The minimum Gasteiger partial charge on any atom is -0.325 e. The third kappa shape index (κ3) is 4.15. The van der Waals surface area contributed by atoms with Crippen molar-refractivity contribution in [1.82, 2.24) is 14.8 Å². The number of nitrogens with one attached hydrogen (secondary N) is 2. The van der Waals surface area contributed by atoms with Crippen LogP contribution in [0.4, 0.5) is 21.1 Å². The Kier molecular flexibility index (Phi) is 5.51. The molecule has 2 fully saturated rings. The van der Waals surface area contributed by atoms with Crippen LogP contribution in [0.2, 0.25) is 0 Å². The normalized spacial score (nSPS) is 18.2. The van der Waals surface area contributed by atoms with E-state index < -0.39 is 0 Å². The van der Waals surface area contributed by atoms with Crippen LogP contribution < -0.4 is 10.6 Å². The van der Waals surface area contributed by atoms with Gasteiger partial charge in [0.2, 0.25) is 0 Å². The second-order valence-corrected chi connectivity index (χ2v) is 6.36. The average Bonchev–Trinajstić information content (AvgIpc) is 2.64. The van der Waals surface area contributed by atoms with Crippen LogP contribution in [-0.4, -0.2) is 53.0 Å². The van der Waals surface area contributed by atoms with Crippen LogP contribution in [0, 0.1) is 0 Å². The molecular formula is C17H25N5O2. The van der Waals surface area contributed by atoms with Crippen LogP contribution in [-0.2, 0) is 0 Å². The van der Waals surface area contributed by atoms with Crippen LogP contribution >= 0.6 is 0 Å². The zero-order valence-corrected chi connectivity index (χ0v) is 14.0. The second kappa shape index (κ2) is 7.99. The molecule has 0 spiro atoms. The molecule has 2 saturated heterocycles. The maximum absolute atomic E-state index is 12.4. The van der Waals surface area contributed by atoms with Crippen molar-refractivity contribution >= 4 is 23.6 Å². The van der Waals surface area contributed by atoms with Gasteiger partial charge in [0, 0.05) is 32.4 Å². The van der Waals surface area contributed by atoms with Crippen molar-refractivity contribution in [3.05, 3.63) is 18.3 Å². The molecule has 2 N–H and O–H groups in total. The summed E-state index contributed by atoms with van der Waals surface area (Å²) in [4.78, 5) is 32.6. The molecule has 0 aromatic carbocycles. The lowest BCUT2D eigenvalue weighted by Crippen LogP contribution is -2.40. The van der Waals surface area contributed by atoms with E-state index in [1.165, 1.54) is 12.8 Å². The topological polar surface area (TPSA) is 77.6 Å². The minimum absolute atomic E-state index is 0.129. The highest BCUT2D eigenvalue weighted by molar-refractivity contribution is 5.97. The molecule has 7 nitrogen and oxygen atoms in total. The van der Waals surface area contributed by atoms with Gasteiger partial charge >= 0.3 is 12.1 Å². The lowest BCUT2D eigenvalue weighted by Gasteiger charge is -2.28. The lowest BCUT2D eigenvalue weighted by atomic mass is 10.1. The Hall–Kier alpha value is -2.31. The van der Waals surface area contributed by atoms with Crippen molar-refractivity contribution < 1.29 is 9.59 Å². The molecule has 0 aliphatic carbocycles. The first-order valence-corrected chi connectivity index (χ1v) is 8.81. The monoisotopic (exact) mass is 331 g/mol. The number of carbonyl (C=O) groups excluding carboxylic acids is 2. The molecule has 2 aliphatic heterocycles. The Balaban J connectivity index is 1.63. The quantitative estimate of drug-likeness (QED) is 0.874. The summed E-state index contributed by atoms with van der Waals surface area (Å²) in [6.45, 7) is 3.10. The molecule has 0 saturated carbocycles. The predicted octanol–water partition coefficient (Wildman–Crippen LogP) is 3.12.